The number of pyridine rings is 1. The molecule has 8 nitrogen and oxygen atoms in total. The molecule has 4 aromatic rings. The van der Waals surface area contributed by atoms with E-state index in [1.54, 1.807) is 33.3 Å². The Morgan fingerprint density at radius 1 is 1.18 bits per heavy atom. The largest absolute Gasteiger partial charge is 0.462 e. The Balaban J connectivity index is 1.74. The van der Waals surface area contributed by atoms with Crippen molar-refractivity contribution in [2.45, 2.75) is 26.7 Å². The Morgan fingerprint density at radius 3 is 2.71 bits per heavy atom. The predicted molar refractivity (Wildman–Crippen MR) is 104 cm³/mol. The molecular weight excluding hydrogens is 358 g/mol. The van der Waals surface area contributed by atoms with Gasteiger partial charge in [-0.2, -0.15) is 14.6 Å². The van der Waals surface area contributed by atoms with Gasteiger partial charge in [0.25, 0.3) is 11.3 Å². The highest BCUT2D eigenvalue weighted by molar-refractivity contribution is 5.89. The van der Waals surface area contributed by atoms with Gasteiger partial charge in [-0.25, -0.2) is 9.78 Å². The van der Waals surface area contributed by atoms with E-state index in [4.69, 9.17) is 4.74 Å². The monoisotopic (exact) mass is 377 g/mol. The predicted octanol–water partition coefficient (Wildman–Crippen LogP) is 2.69. The number of aromatic nitrogens is 5. The third-order valence-corrected chi connectivity index (χ3v) is 4.57. The number of benzene rings is 1. The van der Waals surface area contributed by atoms with Gasteiger partial charge in [-0.15, -0.1) is 0 Å². The highest BCUT2D eigenvalue weighted by Crippen LogP contribution is 2.16. The molecule has 0 unspecified atom stereocenters. The van der Waals surface area contributed by atoms with Crippen molar-refractivity contribution < 1.29 is 9.53 Å². The van der Waals surface area contributed by atoms with Crippen molar-refractivity contribution in [1.82, 2.24) is 24.1 Å². The Labute approximate surface area is 160 Å². The normalized spacial score (nSPS) is 11.2. The van der Waals surface area contributed by atoms with Crippen LogP contribution in [0.25, 0.3) is 22.4 Å². The third kappa shape index (κ3) is 3.02. The van der Waals surface area contributed by atoms with Crippen molar-refractivity contribution >= 4 is 22.6 Å². The Bertz CT molecular complexity index is 1220. The van der Waals surface area contributed by atoms with Crippen molar-refractivity contribution in [3.63, 3.8) is 0 Å². The molecule has 4 rings (SSSR count). The molecule has 0 N–H and O–H groups in total. The number of aryl methyl sites for hydroxylation is 1. The van der Waals surface area contributed by atoms with Gasteiger partial charge < -0.3 is 4.74 Å². The summed E-state index contributed by atoms with van der Waals surface area (Å²) < 4.78 is 8.35. The van der Waals surface area contributed by atoms with Crippen LogP contribution in [0.15, 0.2) is 47.7 Å². The van der Waals surface area contributed by atoms with E-state index in [0.29, 0.717) is 34.5 Å². The van der Waals surface area contributed by atoms with E-state index in [1.165, 1.54) is 12.5 Å². The molecule has 0 saturated carbocycles. The topological polar surface area (TPSA) is 91.4 Å². The quantitative estimate of drug-likeness (QED) is 0.392. The lowest BCUT2D eigenvalue weighted by Crippen LogP contribution is -2.22. The number of esters is 1. The van der Waals surface area contributed by atoms with Gasteiger partial charge in [-0.3, -0.25) is 9.36 Å². The van der Waals surface area contributed by atoms with Crippen LogP contribution in [0.3, 0.4) is 0 Å². The minimum Gasteiger partial charge on any atom is -0.462 e. The van der Waals surface area contributed by atoms with Gasteiger partial charge in [0.15, 0.2) is 0 Å². The van der Waals surface area contributed by atoms with Gasteiger partial charge in [0.2, 0.25) is 0 Å². The van der Waals surface area contributed by atoms with Crippen LogP contribution in [-0.4, -0.2) is 36.7 Å². The van der Waals surface area contributed by atoms with Crippen molar-refractivity contribution in [3.05, 3.63) is 64.5 Å². The van der Waals surface area contributed by atoms with E-state index in [9.17, 15) is 9.59 Å². The van der Waals surface area contributed by atoms with Crippen molar-refractivity contribution in [3.8, 4) is 5.69 Å². The third-order valence-electron chi connectivity index (χ3n) is 4.57. The summed E-state index contributed by atoms with van der Waals surface area (Å²) in [4.78, 5) is 33.4. The zero-order valence-electron chi connectivity index (χ0n) is 15.6. The molecule has 3 heterocycles. The number of rotatable bonds is 5. The fraction of sp³-hybridized carbons (Fsp3) is 0.250. The summed E-state index contributed by atoms with van der Waals surface area (Å²) >= 11 is 0. The molecule has 0 radical (unpaired) electrons. The van der Waals surface area contributed by atoms with Crippen LogP contribution in [0.1, 0.15) is 35.8 Å². The van der Waals surface area contributed by atoms with Gasteiger partial charge in [0, 0.05) is 17.6 Å². The van der Waals surface area contributed by atoms with E-state index < -0.39 is 0 Å². The smallest absolute Gasteiger partial charge is 0.338 e. The number of hydrogen-bond donors (Lipinski definition) is 0. The molecule has 8 heteroatoms. The number of fused-ring (bicyclic) bond motifs is 3. The second-order valence-electron chi connectivity index (χ2n) is 6.49. The summed E-state index contributed by atoms with van der Waals surface area (Å²) in [6.07, 6.45) is 4.72. The maximum absolute atomic E-state index is 13.1. The van der Waals surface area contributed by atoms with E-state index >= 15 is 0 Å². The highest BCUT2D eigenvalue weighted by atomic mass is 16.5. The first kappa shape index (κ1) is 17.8. The maximum atomic E-state index is 13.1. The zero-order valence-corrected chi connectivity index (χ0v) is 15.6. The zero-order chi connectivity index (χ0) is 19.7. The lowest BCUT2D eigenvalue weighted by molar-refractivity contribution is 0.0500. The van der Waals surface area contributed by atoms with Crippen molar-refractivity contribution in [2.24, 2.45) is 0 Å². The van der Waals surface area contributed by atoms with Crippen molar-refractivity contribution in [1.29, 1.82) is 0 Å². The summed E-state index contributed by atoms with van der Waals surface area (Å²) in [6.45, 7) is 4.29. The van der Waals surface area contributed by atoms with Crippen LogP contribution in [0.2, 0.25) is 0 Å². The molecule has 1 aromatic carbocycles. The molecule has 0 atom stereocenters. The first-order valence-corrected chi connectivity index (χ1v) is 9.09. The lowest BCUT2D eigenvalue weighted by Gasteiger charge is -2.12. The molecule has 0 fully saturated rings. The molecular formula is C20H19N5O3. The second kappa shape index (κ2) is 7.22. The minimum atomic E-state index is -0.361. The summed E-state index contributed by atoms with van der Waals surface area (Å²) in [6, 6.07) is 8.67. The fourth-order valence-corrected chi connectivity index (χ4v) is 3.10. The average Bonchev–Trinajstić information content (AvgIpc) is 3.18. The van der Waals surface area contributed by atoms with E-state index in [1.807, 2.05) is 19.9 Å². The summed E-state index contributed by atoms with van der Waals surface area (Å²) in [5.41, 5.74) is 2.29. The minimum absolute atomic E-state index is 0.210. The number of nitrogens with zero attached hydrogens (tertiary/aromatic N) is 5. The second-order valence-corrected chi connectivity index (χ2v) is 6.49. The molecule has 0 aliphatic heterocycles. The standard InChI is InChI=1S/C20H19N5O3/c1-3-4-9-28-19(27)14-5-7-15(8-6-14)24-13(2)10-17-16(18(24)26)11-21-20-22-12-23-25(17)20/h5-8,10-12H,3-4,9H2,1-2H3. The molecule has 0 saturated heterocycles. The molecule has 3 aromatic heterocycles. The van der Waals surface area contributed by atoms with Crippen LogP contribution < -0.4 is 5.56 Å². The van der Waals surface area contributed by atoms with Gasteiger partial charge in [-0.05, 0) is 43.7 Å². The molecule has 0 spiro atoms. The molecule has 0 aliphatic carbocycles. The van der Waals surface area contributed by atoms with E-state index in [2.05, 4.69) is 15.1 Å². The van der Waals surface area contributed by atoms with Crippen molar-refractivity contribution in [2.75, 3.05) is 6.61 Å². The van der Waals surface area contributed by atoms with E-state index in [0.717, 1.165) is 18.5 Å². The summed E-state index contributed by atoms with van der Waals surface area (Å²) in [5, 5.41) is 4.57. The van der Waals surface area contributed by atoms with Crippen LogP contribution >= 0.6 is 0 Å². The van der Waals surface area contributed by atoms with Gasteiger partial charge >= 0.3 is 5.97 Å². The average molecular weight is 377 g/mol. The molecule has 28 heavy (non-hydrogen) atoms. The number of ether oxygens (including phenoxy) is 1. The summed E-state index contributed by atoms with van der Waals surface area (Å²) in [5.74, 6) is 0.0790. The van der Waals surface area contributed by atoms with Gasteiger partial charge in [0.1, 0.15) is 6.33 Å². The van der Waals surface area contributed by atoms with Crippen LogP contribution in [0.5, 0.6) is 0 Å². The fourth-order valence-electron chi connectivity index (χ4n) is 3.10. The number of carbonyl (C=O) groups is 1. The first-order chi connectivity index (χ1) is 13.6. The SMILES string of the molecule is CCCCOC(=O)c1ccc(-n2c(C)cc3c(cnc4ncnn43)c2=O)cc1. The first-order valence-electron chi connectivity index (χ1n) is 9.09. The van der Waals surface area contributed by atoms with Crippen LogP contribution in [0, 0.1) is 6.92 Å². The number of unbranched alkanes of at least 4 members (excludes halogenated alkanes) is 1. The van der Waals surface area contributed by atoms with Gasteiger partial charge in [-0.1, -0.05) is 13.3 Å². The number of carbonyl (C=O) groups excluding carboxylic acids is 1. The Kier molecular flexibility index (Phi) is 4.60. The van der Waals surface area contributed by atoms with E-state index in [-0.39, 0.29) is 11.5 Å². The highest BCUT2D eigenvalue weighted by Gasteiger charge is 2.13. The molecule has 142 valence electrons. The molecule has 0 aliphatic rings. The Hall–Kier alpha value is -3.55. The molecule has 0 bridgehead atoms. The summed E-state index contributed by atoms with van der Waals surface area (Å²) in [7, 11) is 0. The lowest BCUT2D eigenvalue weighted by atomic mass is 10.2. The van der Waals surface area contributed by atoms with Crippen LogP contribution in [0.4, 0.5) is 0 Å². The Morgan fingerprint density at radius 2 is 1.96 bits per heavy atom. The van der Waals surface area contributed by atoms with Gasteiger partial charge in [0.05, 0.1) is 23.1 Å². The maximum Gasteiger partial charge on any atom is 0.338 e. The number of hydrogen-bond acceptors (Lipinski definition) is 6. The molecule has 0 amide bonds. The van der Waals surface area contributed by atoms with Crippen LogP contribution in [-0.2, 0) is 4.74 Å².